The number of hydrogen-bond donors (Lipinski definition) is 2. The Labute approximate surface area is 92.9 Å². The lowest BCUT2D eigenvalue weighted by atomic mass is 10.1. The Morgan fingerprint density at radius 2 is 2.13 bits per heavy atom. The van der Waals surface area contributed by atoms with Crippen LogP contribution >= 0.6 is 0 Å². The lowest BCUT2D eigenvalue weighted by Crippen LogP contribution is -2.36. The SMILES string of the molecule is CC(CN1CC(C)C(N(C)C)C1)C(=N)N. The zero-order chi connectivity index (χ0) is 11.6. The van der Waals surface area contributed by atoms with E-state index in [1.54, 1.807) is 0 Å². The first-order chi connectivity index (χ1) is 6.91. The fourth-order valence-corrected chi connectivity index (χ4v) is 2.35. The van der Waals surface area contributed by atoms with Crippen molar-refractivity contribution < 1.29 is 0 Å². The first kappa shape index (κ1) is 12.5. The third kappa shape index (κ3) is 3.18. The van der Waals surface area contributed by atoms with Crippen molar-refractivity contribution >= 4 is 5.84 Å². The summed E-state index contributed by atoms with van der Waals surface area (Å²) in [5, 5.41) is 7.39. The highest BCUT2D eigenvalue weighted by atomic mass is 15.2. The Hall–Kier alpha value is -0.610. The van der Waals surface area contributed by atoms with E-state index in [9.17, 15) is 0 Å². The molecule has 3 atom stereocenters. The molecule has 1 rings (SSSR count). The molecule has 0 spiro atoms. The Bertz CT molecular complexity index is 227. The summed E-state index contributed by atoms with van der Waals surface area (Å²) in [4.78, 5) is 4.71. The molecule has 1 fully saturated rings. The van der Waals surface area contributed by atoms with Crippen molar-refractivity contribution in [2.75, 3.05) is 33.7 Å². The molecule has 4 heteroatoms. The van der Waals surface area contributed by atoms with Gasteiger partial charge < -0.3 is 15.5 Å². The average molecular weight is 212 g/mol. The zero-order valence-electron chi connectivity index (χ0n) is 10.3. The van der Waals surface area contributed by atoms with Gasteiger partial charge in [-0.3, -0.25) is 5.41 Å². The van der Waals surface area contributed by atoms with E-state index < -0.39 is 0 Å². The zero-order valence-corrected chi connectivity index (χ0v) is 10.3. The fourth-order valence-electron chi connectivity index (χ4n) is 2.35. The molecule has 0 aromatic carbocycles. The van der Waals surface area contributed by atoms with E-state index in [0.29, 0.717) is 17.8 Å². The van der Waals surface area contributed by atoms with Gasteiger partial charge in [-0.15, -0.1) is 0 Å². The summed E-state index contributed by atoms with van der Waals surface area (Å²) in [6, 6.07) is 0.643. The number of rotatable bonds is 4. The molecule has 1 aliphatic heterocycles. The summed E-state index contributed by atoms with van der Waals surface area (Å²) in [6.45, 7) is 7.47. The molecule has 1 heterocycles. The molecule has 0 saturated carbocycles. The molecule has 0 aliphatic carbocycles. The number of amidine groups is 1. The summed E-state index contributed by atoms with van der Waals surface area (Å²) in [7, 11) is 4.28. The summed E-state index contributed by atoms with van der Waals surface area (Å²) in [6.07, 6.45) is 0. The Morgan fingerprint density at radius 3 is 2.53 bits per heavy atom. The smallest absolute Gasteiger partial charge is 0.0947 e. The second kappa shape index (κ2) is 4.94. The lowest BCUT2D eigenvalue weighted by Gasteiger charge is -2.23. The molecule has 4 nitrogen and oxygen atoms in total. The molecule has 3 N–H and O–H groups in total. The topological polar surface area (TPSA) is 56.4 Å². The number of nitrogens with zero attached hydrogens (tertiary/aromatic N) is 2. The summed E-state index contributed by atoms with van der Waals surface area (Å²) >= 11 is 0. The number of nitrogens with two attached hydrogens (primary N) is 1. The third-order valence-corrected chi connectivity index (χ3v) is 3.37. The van der Waals surface area contributed by atoms with Gasteiger partial charge in [-0.1, -0.05) is 13.8 Å². The molecule has 3 unspecified atom stereocenters. The highest BCUT2D eigenvalue weighted by Crippen LogP contribution is 2.20. The average Bonchev–Trinajstić information content (AvgIpc) is 2.46. The van der Waals surface area contributed by atoms with E-state index >= 15 is 0 Å². The van der Waals surface area contributed by atoms with Crippen molar-refractivity contribution in [3.8, 4) is 0 Å². The molecule has 0 aromatic heterocycles. The summed E-state index contributed by atoms with van der Waals surface area (Å²) in [5.74, 6) is 1.19. The molecule has 1 saturated heterocycles. The van der Waals surface area contributed by atoms with Crippen LogP contribution in [0.4, 0.5) is 0 Å². The van der Waals surface area contributed by atoms with Crippen LogP contribution in [-0.2, 0) is 0 Å². The van der Waals surface area contributed by atoms with Crippen molar-refractivity contribution in [1.82, 2.24) is 9.80 Å². The normalized spacial score (nSPS) is 29.7. The van der Waals surface area contributed by atoms with E-state index in [0.717, 1.165) is 19.6 Å². The van der Waals surface area contributed by atoms with Gasteiger partial charge in [-0.2, -0.15) is 0 Å². The predicted molar refractivity (Wildman–Crippen MR) is 64.2 cm³/mol. The van der Waals surface area contributed by atoms with Crippen LogP contribution in [0.2, 0.25) is 0 Å². The van der Waals surface area contributed by atoms with Gasteiger partial charge in [0.05, 0.1) is 5.84 Å². The maximum atomic E-state index is 7.39. The molecular formula is C11H24N4. The van der Waals surface area contributed by atoms with Crippen LogP contribution in [0.1, 0.15) is 13.8 Å². The molecule has 15 heavy (non-hydrogen) atoms. The van der Waals surface area contributed by atoms with E-state index in [1.165, 1.54) is 0 Å². The Balaban J connectivity index is 2.45. The van der Waals surface area contributed by atoms with E-state index in [-0.39, 0.29) is 5.92 Å². The molecule has 0 amide bonds. The number of likely N-dealkylation sites (N-methyl/N-ethyl adjacent to an activating group) is 1. The lowest BCUT2D eigenvalue weighted by molar-refractivity contribution is 0.248. The predicted octanol–water partition coefficient (Wildman–Crippen LogP) is 0.440. The minimum absolute atomic E-state index is 0.179. The first-order valence-corrected chi connectivity index (χ1v) is 5.64. The number of nitrogens with one attached hydrogen (secondary N) is 1. The van der Waals surface area contributed by atoms with Crippen LogP contribution in [0.5, 0.6) is 0 Å². The van der Waals surface area contributed by atoms with Gasteiger partial charge in [0.25, 0.3) is 0 Å². The minimum Gasteiger partial charge on any atom is -0.387 e. The van der Waals surface area contributed by atoms with Gasteiger partial charge in [0.2, 0.25) is 0 Å². The van der Waals surface area contributed by atoms with Crippen LogP contribution in [-0.4, -0.2) is 55.4 Å². The molecule has 0 radical (unpaired) electrons. The highest BCUT2D eigenvalue weighted by molar-refractivity contribution is 5.79. The molecule has 1 aliphatic rings. The second-order valence-corrected chi connectivity index (χ2v) is 5.08. The van der Waals surface area contributed by atoms with Crippen LogP contribution in [0, 0.1) is 17.2 Å². The van der Waals surface area contributed by atoms with Crippen LogP contribution in [0.15, 0.2) is 0 Å². The minimum atomic E-state index is 0.179. The summed E-state index contributed by atoms with van der Waals surface area (Å²) in [5.41, 5.74) is 5.49. The van der Waals surface area contributed by atoms with Gasteiger partial charge in [0, 0.05) is 31.6 Å². The van der Waals surface area contributed by atoms with Gasteiger partial charge >= 0.3 is 0 Å². The number of hydrogen-bond acceptors (Lipinski definition) is 3. The Morgan fingerprint density at radius 1 is 1.53 bits per heavy atom. The van der Waals surface area contributed by atoms with E-state index in [4.69, 9.17) is 11.1 Å². The van der Waals surface area contributed by atoms with Crippen molar-refractivity contribution in [3.63, 3.8) is 0 Å². The van der Waals surface area contributed by atoms with Gasteiger partial charge in [-0.25, -0.2) is 0 Å². The van der Waals surface area contributed by atoms with Crippen molar-refractivity contribution in [2.24, 2.45) is 17.6 Å². The Kier molecular flexibility index (Phi) is 4.11. The second-order valence-electron chi connectivity index (χ2n) is 5.08. The number of likely N-dealkylation sites (tertiary alicyclic amines) is 1. The highest BCUT2D eigenvalue weighted by Gasteiger charge is 2.31. The molecule has 0 bridgehead atoms. The fraction of sp³-hybridized carbons (Fsp3) is 0.909. The summed E-state index contributed by atoms with van der Waals surface area (Å²) < 4.78 is 0. The van der Waals surface area contributed by atoms with Gasteiger partial charge in [-0.05, 0) is 20.0 Å². The van der Waals surface area contributed by atoms with Gasteiger partial charge in [0.15, 0.2) is 0 Å². The van der Waals surface area contributed by atoms with Gasteiger partial charge in [0.1, 0.15) is 0 Å². The molecular weight excluding hydrogens is 188 g/mol. The monoisotopic (exact) mass is 212 g/mol. The van der Waals surface area contributed by atoms with E-state index in [2.05, 4.69) is 30.8 Å². The van der Waals surface area contributed by atoms with Crippen molar-refractivity contribution in [2.45, 2.75) is 19.9 Å². The van der Waals surface area contributed by atoms with E-state index in [1.807, 2.05) is 6.92 Å². The van der Waals surface area contributed by atoms with Crippen molar-refractivity contribution in [1.29, 1.82) is 5.41 Å². The maximum Gasteiger partial charge on any atom is 0.0947 e. The third-order valence-electron chi connectivity index (χ3n) is 3.37. The quantitative estimate of drug-likeness (QED) is 0.525. The van der Waals surface area contributed by atoms with Crippen molar-refractivity contribution in [3.05, 3.63) is 0 Å². The maximum absolute atomic E-state index is 7.39. The largest absolute Gasteiger partial charge is 0.387 e. The molecule has 0 aromatic rings. The van der Waals surface area contributed by atoms with Crippen LogP contribution in [0.25, 0.3) is 0 Å². The standard InChI is InChI=1S/C11H24N4/c1-8-5-15(6-9(2)11(12)13)7-10(8)14(3)4/h8-10H,5-7H2,1-4H3,(H3,12,13). The van der Waals surface area contributed by atoms with Crippen LogP contribution < -0.4 is 5.73 Å². The van der Waals surface area contributed by atoms with Crippen LogP contribution in [0.3, 0.4) is 0 Å². The first-order valence-electron chi connectivity index (χ1n) is 5.64. The molecule has 88 valence electrons.